The maximum atomic E-state index is 12.9. The van der Waals surface area contributed by atoms with Crippen LogP contribution in [-0.2, 0) is 6.18 Å². The van der Waals surface area contributed by atoms with Gasteiger partial charge in [-0.2, -0.15) is 13.2 Å². The molecule has 4 nitrogen and oxygen atoms in total. The van der Waals surface area contributed by atoms with E-state index in [4.69, 9.17) is 4.98 Å². The molecule has 2 aromatic carbocycles. The zero-order chi connectivity index (χ0) is 20.2. The van der Waals surface area contributed by atoms with E-state index >= 15 is 0 Å². The lowest BCUT2D eigenvalue weighted by Crippen LogP contribution is -2.04. The molecule has 0 radical (unpaired) electrons. The van der Waals surface area contributed by atoms with Crippen LogP contribution in [0.25, 0.3) is 39.5 Å². The maximum absolute atomic E-state index is 12.9. The fourth-order valence-corrected chi connectivity index (χ4v) is 3.46. The van der Waals surface area contributed by atoms with Crippen molar-refractivity contribution in [3.8, 4) is 22.9 Å². The molecule has 0 saturated carbocycles. The third kappa shape index (κ3) is 2.95. The average Bonchev–Trinajstić information content (AvgIpc) is 3.28. The molecule has 0 aliphatic carbocycles. The third-order valence-corrected chi connectivity index (χ3v) is 4.88. The van der Waals surface area contributed by atoms with Gasteiger partial charge in [0.25, 0.3) is 0 Å². The quantitative estimate of drug-likeness (QED) is 0.408. The SMILES string of the molecule is Cc1ccc2nc(-c3nc(-c4ccc(C(F)(F)F)cc4)n4ccccc34)[nH]c2c1. The largest absolute Gasteiger partial charge is 0.416 e. The summed E-state index contributed by atoms with van der Waals surface area (Å²) in [6.45, 7) is 2.01. The Morgan fingerprint density at radius 3 is 2.48 bits per heavy atom. The normalized spacial score (nSPS) is 12.1. The van der Waals surface area contributed by atoms with E-state index in [1.54, 1.807) is 0 Å². The fraction of sp³-hybridized carbons (Fsp3) is 0.0909. The summed E-state index contributed by atoms with van der Waals surface area (Å²) in [7, 11) is 0. The van der Waals surface area contributed by atoms with Crippen LogP contribution in [0, 0.1) is 6.92 Å². The lowest BCUT2D eigenvalue weighted by Gasteiger charge is -2.07. The summed E-state index contributed by atoms with van der Waals surface area (Å²) >= 11 is 0. The second-order valence-corrected chi connectivity index (χ2v) is 6.92. The number of alkyl halides is 3. The van der Waals surface area contributed by atoms with Gasteiger partial charge in [0.2, 0.25) is 0 Å². The maximum Gasteiger partial charge on any atom is 0.416 e. The van der Waals surface area contributed by atoms with Crippen LogP contribution in [0.15, 0.2) is 66.9 Å². The number of benzene rings is 2. The van der Waals surface area contributed by atoms with Crippen molar-refractivity contribution in [2.75, 3.05) is 0 Å². The lowest BCUT2D eigenvalue weighted by molar-refractivity contribution is -0.137. The van der Waals surface area contributed by atoms with E-state index in [1.807, 2.05) is 53.9 Å². The van der Waals surface area contributed by atoms with Crippen molar-refractivity contribution < 1.29 is 13.2 Å². The summed E-state index contributed by atoms with van der Waals surface area (Å²) in [6.07, 6.45) is -2.53. The first-order valence-electron chi connectivity index (χ1n) is 9.01. The molecule has 0 aliphatic rings. The average molecular weight is 392 g/mol. The molecule has 0 bridgehead atoms. The standard InChI is InChI=1S/C22H15F3N4/c1-13-5-10-16-17(12-13)27-20(26-16)19-18-4-2-3-11-29(18)21(28-19)14-6-8-15(9-7-14)22(23,24)25/h2-12H,1H3,(H,26,27). The van der Waals surface area contributed by atoms with Gasteiger partial charge < -0.3 is 4.98 Å². The van der Waals surface area contributed by atoms with Gasteiger partial charge in [0, 0.05) is 11.8 Å². The number of pyridine rings is 1. The van der Waals surface area contributed by atoms with Crippen LogP contribution in [0.4, 0.5) is 13.2 Å². The predicted molar refractivity (Wildman–Crippen MR) is 105 cm³/mol. The minimum atomic E-state index is -4.37. The highest BCUT2D eigenvalue weighted by atomic mass is 19.4. The Labute approximate surface area is 163 Å². The van der Waals surface area contributed by atoms with E-state index < -0.39 is 11.7 Å². The summed E-state index contributed by atoms with van der Waals surface area (Å²) in [4.78, 5) is 12.7. The minimum absolute atomic E-state index is 0.556. The topological polar surface area (TPSA) is 46.0 Å². The highest BCUT2D eigenvalue weighted by Gasteiger charge is 2.30. The summed E-state index contributed by atoms with van der Waals surface area (Å²) in [5.74, 6) is 1.17. The number of rotatable bonds is 2. The number of aromatic amines is 1. The molecule has 144 valence electrons. The first-order valence-corrected chi connectivity index (χ1v) is 9.01. The van der Waals surface area contributed by atoms with E-state index in [-0.39, 0.29) is 0 Å². The molecule has 5 aromatic rings. The van der Waals surface area contributed by atoms with Crippen molar-refractivity contribution in [1.29, 1.82) is 0 Å². The molecular formula is C22H15F3N4. The number of halogens is 3. The van der Waals surface area contributed by atoms with E-state index in [9.17, 15) is 13.2 Å². The van der Waals surface area contributed by atoms with Crippen LogP contribution in [0.3, 0.4) is 0 Å². The summed E-state index contributed by atoms with van der Waals surface area (Å²) in [5, 5.41) is 0. The molecule has 3 aromatic heterocycles. The third-order valence-electron chi connectivity index (χ3n) is 4.88. The van der Waals surface area contributed by atoms with Crippen LogP contribution < -0.4 is 0 Å². The molecule has 5 rings (SSSR count). The Kier molecular flexibility index (Phi) is 3.74. The Hall–Kier alpha value is -3.61. The van der Waals surface area contributed by atoms with Gasteiger partial charge in [-0.25, -0.2) is 9.97 Å². The summed E-state index contributed by atoms with van der Waals surface area (Å²) in [5.41, 5.74) is 4.24. The Morgan fingerprint density at radius 2 is 1.72 bits per heavy atom. The van der Waals surface area contributed by atoms with Gasteiger partial charge in [-0.05, 0) is 48.9 Å². The van der Waals surface area contributed by atoms with Crippen molar-refractivity contribution in [1.82, 2.24) is 19.4 Å². The molecule has 0 amide bonds. The van der Waals surface area contributed by atoms with Gasteiger partial charge in [-0.1, -0.05) is 24.3 Å². The molecule has 0 saturated heterocycles. The lowest BCUT2D eigenvalue weighted by atomic mass is 10.1. The molecule has 3 heterocycles. The van der Waals surface area contributed by atoms with Gasteiger partial charge in [-0.15, -0.1) is 0 Å². The second-order valence-electron chi connectivity index (χ2n) is 6.92. The Balaban J connectivity index is 1.68. The van der Waals surface area contributed by atoms with Crippen molar-refractivity contribution in [3.63, 3.8) is 0 Å². The van der Waals surface area contributed by atoms with Gasteiger partial charge in [0.15, 0.2) is 5.82 Å². The van der Waals surface area contributed by atoms with Gasteiger partial charge in [0.05, 0.1) is 22.1 Å². The summed E-state index contributed by atoms with van der Waals surface area (Å²) < 4.78 is 40.5. The van der Waals surface area contributed by atoms with Crippen LogP contribution in [-0.4, -0.2) is 19.4 Å². The number of nitrogens with one attached hydrogen (secondary N) is 1. The van der Waals surface area contributed by atoms with Gasteiger partial charge in [0.1, 0.15) is 11.5 Å². The highest BCUT2D eigenvalue weighted by molar-refractivity contribution is 5.84. The van der Waals surface area contributed by atoms with Gasteiger partial charge in [-0.3, -0.25) is 4.40 Å². The molecule has 29 heavy (non-hydrogen) atoms. The number of fused-ring (bicyclic) bond motifs is 2. The van der Waals surface area contributed by atoms with Crippen LogP contribution >= 0.6 is 0 Å². The molecule has 0 spiro atoms. The number of hydrogen-bond donors (Lipinski definition) is 1. The van der Waals surface area contributed by atoms with Crippen molar-refractivity contribution in [2.45, 2.75) is 13.1 Å². The number of H-pyrrole nitrogens is 1. The van der Waals surface area contributed by atoms with Crippen molar-refractivity contribution in [2.24, 2.45) is 0 Å². The second kappa shape index (κ2) is 6.20. The number of imidazole rings is 2. The number of hydrogen-bond acceptors (Lipinski definition) is 2. The highest BCUT2D eigenvalue weighted by Crippen LogP contribution is 2.33. The molecule has 0 unspecified atom stereocenters. The predicted octanol–water partition coefficient (Wildman–Crippen LogP) is 5.87. The molecule has 0 fully saturated rings. The zero-order valence-corrected chi connectivity index (χ0v) is 15.3. The molecule has 7 heteroatoms. The zero-order valence-electron chi connectivity index (χ0n) is 15.3. The van der Waals surface area contributed by atoms with E-state index in [1.165, 1.54) is 12.1 Å². The van der Waals surface area contributed by atoms with Crippen molar-refractivity contribution >= 4 is 16.6 Å². The molecular weight excluding hydrogens is 377 g/mol. The Morgan fingerprint density at radius 1 is 0.931 bits per heavy atom. The Bertz CT molecular complexity index is 1340. The van der Waals surface area contributed by atoms with Crippen LogP contribution in [0.2, 0.25) is 0 Å². The number of aromatic nitrogens is 4. The smallest absolute Gasteiger partial charge is 0.337 e. The first kappa shape index (κ1) is 17.5. The van der Waals surface area contributed by atoms with E-state index in [2.05, 4.69) is 9.97 Å². The van der Waals surface area contributed by atoms with Gasteiger partial charge >= 0.3 is 6.18 Å². The fourth-order valence-electron chi connectivity index (χ4n) is 3.46. The van der Waals surface area contributed by atoms with Crippen LogP contribution in [0.1, 0.15) is 11.1 Å². The number of aryl methyl sites for hydroxylation is 1. The van der Waals surface area contributed by atoms with Crippen molar-refractivity contribution in [3.05, 3.63) is 78.0 Å². The molecule has 0 aliphatic heterocycles. The number of nitrogens with zero attached hydrogens (tertiary/aromatic N) is 3. The molecule has 0 atom stereocenters. The van der Waals surface area contributed by atoms with E-state index in [0.717, 1.165) is 34.2 Å². The summed E-state index contributed by atoms with van der Waals surface area (Å²) in [6, 6.07) is 16.6. The van der Waals surface area contributed by atoms with E-state index in [0.29, 0.717) is 22.9 Å². The monoisotopic (exact) mass is 392 g/mol. The first-order chi connectivity index (χ1) is 13.9. The van der Waals surface area contributed by atoms with Crippen LogP contribution in [0.5, 0.6) is 0 Å². The molecule has 1 N–H and O–H groups in total. The minimum Gasteiger partial charge on any atom is -0.337 e.